The highest BCUT2D eigenvalue weighted by atomic mass is 16.5. The first kappa shape index (κ1) is 9.32. The number of rotatable bonds is 2. The van der Waals surface area contributed by atoms with E-state index in [-0.39, 0.29) is 17.0 Å². The standard InChI is InChI=1S/C9H7N3O3/c1-5-7(9(13)14)8(12-15-5)6-2-3-10-11-4-6/h2-4H,1H3,(H,13,14). The molecule has 0 fully saturated rings. The summed E-state index contributed by atoms with van der Waals surface area (Å²) in [6.07, 6.45) is 2.90. The molecule has 0 spiro atoms. The monoisotopic (exact) mass is 205 g/mol. The summed E-state index contributed by atoms with van der Waals surface area (Å²) in [5, 5.41) is 19.9. The van der Waals surface area contributed by atoms with Gasteiger partial charge in [-0.3, -0.25) is 0 Å². The minimum Gasteiger partial charge on any atom is -0.477 e. The van der Waals surface area contributed by atoms with E-state index in [1.165, 1.54) is 12.4 Å². The van der Waals surface area contributed by atoms with E-state index in [2.05, 4.69) is 15.4 Å². The van der Waals surface area contributed by atoms with Crippen LogP contribution in [0.25, 0.3) is 11.3 Å². The summed E-state index contributed by atoms with van der Waals surface area (Å²) in [5.41, 5.74) is 0.900. The molecule has 6 nitrogen and oxygen atoms in total. The summed E-state index contributed by atoms with van der Waals surface area (Å²) >= 11 is 0. The maximum absolute atomic E-state index is 10.9. The summed E-state index contributed by atoms with van der Waals surface area (Å²) in [6.45, 7) is 1.55. The van der Waals surface area contributed by atoms with E-state index in [0.717, 1.165) is 0 Å². The molecule has 0 aromatic carbocycles. The molecule has 2 rings (SSSR count). The van der Waals surface area contributed by atoms with Crippen molar-refractivity contribution in [3.63, 3.8) is 0 Å². The Bertz CT molecular complexity index is 493. The van der Waals surface area contributed by atoms with Crippen LogP contribution in [0.3, 0.4) is 0 Å². The van der Waals surface area contributed by atoms with Crippen molar-refractivity contribution in [2.24, 2.45) is 0 Å². The maximum Gasteiger partial charge on any atom is 0.341 e. The van der Waals surface area contributed by atoms with Gasteiger partial charge in [0.25, 0.3) is 0 Å². The normalized spacial score (nSPS) is 10.2. The molecule has 0 unspecified atom stereocenters. The summed E-state index contributed by atoms with van der Waals surface area (Å²) in [4.78, 5) is 10.9. The van der Waals surface area contributed by atoms with Gasteiger partial charge < -0.3 is 9.63 Å². The Kier molecular flexibility index (Phi) is 2.17. The molecule has 0 aliphatic heterocycles. The minimum absolute atomic E-state index is 0.0583. The van der Waals surface area contributed by atoms with Crippen LogP contribution in [-0.2, 0) is 0 Å². The number of hydrogen-bond donors (Lipinski definition) is 1. The molecule has 0 atom stereocenters. The third-order valence-electron chi connectivity index (χ3n) is 1.93. The fourth-order valence-electron chi connectivity index (χ4n) is 1.25. The van der Waals surface area contributed by atoms with Gasteiger partial charge >= 0.3 is 5.97 Å². The second-order valence-corrected chi connectivity index (χ2v) is 2.90. The van der Waals surface area contributed by atoms with Crippen LogP contribution in [-0.4, -0.2) is 26.4 Å². The molecule has 0 amide bonds. The number of aryl methyl sites for hydroxylation is 1. The third-order valence-corrected chi connectivity index (χ3v) is 1.93. The van der Waals surface area contributed by atoms with Crippen molar-refractivity contribution in [2.45, 2.75) is 6.92 Å². The summed E-state index contributed by atoms with van der Waals surface area (Å²) < 4.78 is 4.83. The van der Waals surface area contributed by atoms with Crippen molar-refractivity contribution < 1.29 is 14.4 Å². The lowest BCUT2D eigenvalue weighted by molar-refractivity contribution is 0.0696. The van der Waals surface area contributed by atoms with Crippen LogP contribution in [0.5, 0.6) is 0 Å². The summed E-state index contributed by atoms with van der Waals surface area (Å²) in [7, 11) is 0. The molecule has 15 heavy (non-hydrogen) atoms. The molecule has 1 N–H and O–H groups in total. The highest BCUT2D eigenvalue weighted by Crippen LogP contribution is 2.23. The predicted octanol–water partition coefficient (Wildman–Crippen LogP) is 1.14. The fourth-order valence-corrected chi connectivity index (χ4v) is 1.25. The Balaban J connectivity index is 2.59. The van der Waals surface area contributed by atoms with Crippen LogP contribution in [0.4, 0.5) is 0 Å². The Morgan fingerprint density at radius 3 is 2.87 bits per heavy atom. The molecule has 0 radical (unpaired) electrons. The zero-order valence-corrected chi connectivity index (χ0v) is 7.84. The van der Waals surface area contributed by atoms with Crippen molar-refractivity contribution in [1.82, 2.24) is 15.4 Å². The topological polar surface area (TPSA) is 89.1 Å². The molecule has 0 bridgehead atoms. The van der Waals surface area contributed by atoms with E-state index in [9.17, 15) is 4.79 Å². The summed E-state index contributed by atoms with van der Waals surface area (Å²) in [6, 6.07) is 1.62. The molecule has 2 aromatic rings. The van der Waals surface area contributed by atoms with Gasteiger partial charge in [-0.05, 0) is 13.0 Å². The van der Waals surface area contributed by atoms with Crippen LogP contribution >= 0.6 is 0 Å². The van der Waals surface area contributed by atoms with Gasteiger partial charge in [-0.25, -0.2) is 4.79 Å². The molecule has 2 aromatic heterocycles. The molecule has 0 aliphatic carbocycles. The van der Waals surface area contributed by atoms with Gasteiger partial charge in [-0.1, -0.05) is 5.16 Å². The van der Waals surface area contributed by atoms with Gasteiger partial charge in [-0.15, -0.1) is 0 Å². The molecule has 0 saturated carbocycles. The number of aromatic carboxylic acids is 1. The first-order chi connectivity index (χ1) is 7.20. The lowest BCUT2D eigenvalue weighted by Crippen LogP contribution is -1.99. The average Bonchev–Trinajstić information content (AvgIpc) is 2.61. The number of carboxylic acids is 1. The lowest BCUT2D eigenvalue weighted by atomic mass is 10.1. The second-order valence-electron chi connectivity index (χ2n) is 2.90. The number of hydrogen-bond acceptors (Lipinski definition) is 5. The lowest BCUT2D eigenvalue weighted by Gasteiger charge is -1.95. The zero-order chi connectivity index (χ0) is 10.8. The van der Waals surface area contributed by atoms with Crippen molar-refractivity contribution in [2.75, 3.05) is 0 Å². The van der Waals surface area contributed by atoms with Gasteiger partial charge in [0.2, 0.25) is 0 Å². The van der Waals surface area contributed by atoms with Crippen LogP contribution in [0.1, 0.15) is 16.1 Å². The molecule has 6 heteroatoms. The fraction of sp³-hybridized carbons (Fsp3) is 0.111. The Hall–Kier alpha value is -2.24. The number of carboxylic acid groups (broad SMARTS) is 1. The van der Waals surface area contributed by atoms with E-state index in [1.54, 1.807) is 13.0 Å². The summed E-state index contributed by atoms with van der Waals surface area (Å²) in [5.74, 6) is -0.796. The Morgan fingerprint density at radius 1 is 1.47 bits per heavy atom. The maximum atomic E-state index is 10.9. The molecule has 2 heterocycles. The zero-order valence-electron chi connectivity index (χ0n) is 7.84. The average molecular weight is 205 g/mol. The first-order valence-electron chi connectivity index (χ1n) is 4.17. The molecular weight excluding hydrogens is 198 g/mol. The van der Waals surface area contributed by atoms with Crippen molar-refractivity contribution in [1.29, 1.82) is 0 Å². The van der Waals surface area contributed by atoms with E-state index >= 15 is 0 Å². The highest BCUT2D eigenvalue weighted by Gasteiger charge is 2.20. The Labute approximate surface area is 84.5 Å². The molecule has 76 valence electrons. The number of carbonyl (C=O) groups is 1. The molecular formula is C9H7N3O3. The van der Waals surface area contributed by atoms with E-state index in [0.29, 0.717) is 5.56 Å². The van der Waals surface area contributed by atoms with Crippen LogP contribution in [0.15, 0.2) is 23.0 Å². The molecule has 0 aliphatic rings. The van der Waals surface area contributed by atoms with Crippen LogP contribution < -0.4 is 0 Å². The van der Waals surface area contributed by atoms with Crippen molar-refractivity contribution >= 4 is 5.97 Å². The number of aromatic nitrogens is 3. The predicted molar refractivity (Wildman–Crippen MR) is 49.2 cm³/mol. The third kappa shape index (κ3) is 1.56. The van der Waals surface area contributed by atoms with Gasteiger partial charge in [0.1, 0.15) is 17.0 Å². The highest BCUT2D eigenvalue weighted by molar-refractivity contribution is 5.95. The van der Waals surface area contributed by atoms with E-state index < -0.39 is 5.97 Å². The van der Waals surface area contributed by atoms with Gasteiger partial charge in [0.05, 0.1) is 12.4 Å². The second kappa shape index (κ2) is 3.49. The van der Waals surface area contributed by atoms with Crippen molar-refractivity contribution in [3.8, 4) is 11.3 Å². The van der Waals surface area contributed by atoms with Crippen LogP contribution in [0, 0.1) is 6.92 Å². The Morgan fingerprint density at radius 2 is 2.27 bits per heavy atom. The minimum atomic E-state index is -1.07. The van der Waals surface area contributed by atoms with Gasteiger partial charge in [-0.2, -0.15) is 10.2 Å². The SMILES string of the molecule is Cc1onc(-c2ccnnc2)c1C(=O)O. The molecule has 0 saturated heterocycles. The van der Waals surface area contributed by atoms with E-state index in [4.69, 9.17) is 9.63 Å². The van der Waals surface area contributed by atoms with Gasteiger partial charge in [0.15, 0.2) is 0 Å². The quantitative estimate of drug-likeness (QED) is 0.790. The van der Waals surface area contributed by atoms with Crippen LogP contribution in [0.2, 0.25) is 0 Å². The largest absolute Gasteiger partial charge is 0.477 e. The first-order valence-corrected chi connectivity index (χ1v) is 4.17. The smallest absolute Gasteiger partial charge is 0.341 e. The number of nitrogens with zero attached hydrogens (tertiary/aromatic N) is 3. The van der Waals surface area contributed by atoms with Gasteiger partial charge in [0, 0.05) is 5.56 Å². The van der Waals surface area contributed by atoms with E-state index in [1.807, 2.05) is 0 Å². The van der Waals surface area contributed by atoms with Crippen molar-refractivity contribution in [3.05, 3.63) is 29.8 Å².